The van der Waals surface area contributed by atoms with Gasteiger partial charge in [0.05, 0.1) is 26.7 Å². The van der Waals surface area contributed by atoms with Gasteiger partial charge in [-0.1, -0.05) is 6.07 Å². The quantitative estimate of drug-likeness (QED) is 0.652. The number of hydrogen-bond acceptors (Lipinski definition) is 5. The number of carbonyl (C=O) groups is 1. The van der Waals surface area contributed by atoms with Crippen LogP contribution in [0.2, 0.25) is 0 Å². The van der Waals surface area contributed by atoms with Crippen LogP contribution in [-0.4, -0.2) is 75.7 Å². The number of halogens is 3. The van der Waals surface area contributed by atoms with Crippen molar-refractivity contribution in [2.45, 2.75) is 36.4 Å². The Hall–Kier alpha value is -1.85. The molecule has 1 heterocycles. The highest BCUT2D eigenvalue weighted by atomic mass is 32.2. The fourth-order valence-corrected chi connectivity index (χ4v) is 4.85. The summed E-state index contributed by atoms with van der Waals surface area (Å²) in [6.07, 6.45) is -3.71. The fraction of sp³-hybridized carbons (Fsp3) is 0.611. The Labute approximate surface area is 167 Å². The normalized spacial score (nSPS) is 18.5. The molecular weight excluding hydrogens is 413 g/mol. The molecular formula is C18H23F3N2O5S. The number of amides is 1. The predicted octanol–water partition coefficient (Wildman–Crippen LogP) is 1.81. The van der Waals surface area contributed by atoms with Gasteiger partial charge in [-0.25, -0.2) is 8.42 Å². The van der Waals surface area contributed by atoms with Crippen LogP contribution in [0.1, 0.15) is 18.4 Å². The summed E-state index contributed by atoms with van der Waals surface area (Å²) in [4.78, 5) is 13.2. The van der Waals surface area contributed by atoms with Gasteiger partial charge in [0, 0.05) is 19.1 Å². The second-order valence-electron chi connectivity index (χ2n) is 7.05. The molecule has 0 radical (unpaired) electrons. The molecule has 0 bridgehead atoms. The number of nitrogens with zero attached hydrogens (tertiary/aromatic N) is 2. The summed E-state index contributed by atoms with van der Waals surface area (Å²) in [6, 6.07) is 3.81. The molecule has 1 aromatic carbocycles. The van der Waals surface area contributed by atoms with Gasteiger partial charge in [0.1, 0.15) is 17.2 Å². The Balaban J connectivity index is 1.83. The Morgan fingerprint density at radius 1 is 1.28 bits per heavy atom. The second kappa shape index (κ2) is 8.49. The van der Waals surface area contributed by atoms with Crippen molar-refractivity contribution in [2.75, 3.05) is 40.0 Å². The van der Waals surface area contributed by atoms with Crippen molar-refractivity contribution in [1.82, 2.24) is 9.21 Å². The molecule has 0 N–H and O–H groups in total. The van der Waals surface area contributed by atoms with E-state index in [-0.39, 0.29) is 43.4 Å². The lowest BCUT2D eigenvalue weighted by Crippen LogP contribution is -2.41. The molecule has 162 valence electrons. The highest BCUT2D eigenvalue weighted by Crippen LogP contribution is 2.32. The minimum Gasteiger partial charge on any atom is -0.495 e. The van der Waals surface area contributed by atoms with Crippen molar-refractivity contribution in [3.05, 3.63) is 23.8 Å². The van der Waals surface area contributed by atoms with Crippen LogP contribution in [0.15, 0.2) is 23.1 Å². The SMILES string of the molecule is COc1ccc(CC(=O)N(CC(F)(F)F)C2CC2)cc1S(=O)(=O)N1CCOCC1. The van der Waals surface area contributed by atoms with Crippen LogP contribution in [0, 0.1) is 0 Å². The second-order valence-corrected chi connectivity index (χ2v) is 8.95. The van der Waals surface area contributed by atoms with Gasteiger partial charge in [0.25, 0.3) is 0 Å². The highest BCUT2D eigenvalue weighted by Gasteiger charge is 2.40. The molecule has 2 fully saturated rings. The van der Waals surface area contributed by atoms with Gasteiger partial charge in [0.15, 0.2) is 0 Å². The molecule has 0 unspecified atom stereocenters. The largest absolute Gasteiger partial charge is 0.495 e. The Kier molecular flexibility index (Phi) is 6.39. The van der Waals surface area contributed by atoms with E-state index < -0.39 is 34.7 Å². The van der Waals surface area contributed by atoms with E-state index in [1.165, 1.54) is 29.6 Å². The lowest BCUT2D eigenvalue weighted by atomic mass is 10.1. The van der Waals surface area contributed by atoms with Gasteiger partial charge in [-0.05, 0) is 30.5 Å². The predicted molar refractivity (Wildman–Crippen MR) is 97.1 cm³/mol. The molecule has 1 aromatic rings. The molecule has 0 aromatic heterocycles. The maximum Gasteiger partial charge on any atom is 0.406 e. The third kappa shape index (κ3) is 5.40. The van der Waals surface area contributed by atoms with E-state index in [0.717, 1.165) is 4.90 Å². The van der Waals surface area contributed by atoms with Crippen molar-refractivity contribution >= 4 is 15.9 Å². The summed E-state index contributed by atoms with van der Waals surface area (Å²) in [6.45, 7) is -0.377. The molecule has 2 aliphatic rings. The first-order valence-corrected chi connectivity index (χ1v) is 10.7. The zero-order valence-electron chi connectivity index (χ0n) is 15.9. The van der Waals surface area contributed by atoms with Gasteiger partial charge in [-0.2, -0.15) is 17.5 Å². The molecule has 0 atom stereocenters. The van der Waals surface area contributed by atoms with E-state index in [0.29, 0.717) is 18.4 Å². The van der Waals surface area contributed by atoms with E-state index in [4.69, 9.17) is 9.47 Å². The van der Waals surface area contributed by atoms with E-state index in [1.807, 2.05) is 0 Å². The van der Waals surface area contributed by atoms with Crippen LogP contribution in [-0.2, 0) is 26.0 Å². The monoisotopic (exact) mass is 436 g/mol. The van der Waals surface area contributed by atoms with Gasteiger partial charge >= 0.3 is 6.18 Å². The van der Waals surface area contributed by atoms with Crippen LogP contribution in [0.5, 0.6) is 5.75 Å². The third-order valence-corrected chi connectivity index (χ3v) is 6.75. The number of rotatable bonds is 7. The molecule has 1 saturated carbocycles. The van der Waals surface area contributed by atoms with Crippen LogP contribution >= 0.6 is 0 Å². The Morgan fingerprint density at radius 3 is 2.48 bits per heavy atom. The highest BCUT2D eigenvalue weighted by molar-refractivity contribution is 7.89. The van der Waals surface area contributed by atoms with Crippen molar-refractivity contribution < 1.29 is 35.9 Å². The molecule has 0 spiro atoms. The average Bonchev–Trinajstić information content (AvgIpc) is 3.51. The van der Waals surface area contributed by atoms with Gasteiger partial charge in [-0.15, -0.1) is 0 Å². The van der Waals surface area contributed by atoms with Crippen molar-refractivity contribution in [3.8, 4) is 5.75 Å². The molecule has 1 aliphatic carbocycles. The Morgan fingerprint density at radius 2 is 1.93 bits per heavy atom. The van der Waals surface area contributed by atoms with Gasteiger partial charge in [0.2, 0.25) is 15.9 Å². The standard InChI is InChI=1S/C18H23F3N2O5S/c1-27-15-5-2-13(10-16(15)29(25,26)22-6-8-28-9-7-22)11-17(24)23(14-3-4-14)12-18(19,20)21/h2,5,10,14H,3-4,6-9,11-12H2,1H3. The Bertz CT molecular complexity index is 850. The fourth-order valence-electron chi connectivity index (χ4n) is 3.24. The van der Waals surface area contributed by atoms with Gasteiger partial charge in [-0.3, -0.25) is 4.79 Å². The summed E-state index contributed by atoms with van der Waals surface area (Å²) in [7, 11) is -2.56. The van der Waals surface area contributed by atoms with Crippen molar-refractivity contribution in [2.24, 2.45) is 0 Å². The molecule has 7 nitrogen and oxygen atoms in total. The summed E-state index contributed by atoms with van der Waals surface area (Å²) in [5.41, 5.74) is 0.315. The van der Waals surface area contributed by atoms with Crippen LogP contribution < -0.4 is 4.74 Å². The van der Waals surface area contributed by atoms with Crippen molar-refractivity contribution in [3.63, 3.8) is 0 Å². The van der Waals surface area contributed by atoms with Gasteiger partial charge < -0.3 is 14.4 Å². The molecule has 29 heavy (non-hydrogen) atoms. The zero-order valence-corrected chi connectivity index (χ0v) is 16.8. The minimum absolute atomic E-state index is 0.110. The molecule has 1 saturated heterocycles. The lowest BCUT2D eigenvalue weighted by Gasteiger charge is -2.27. The summed E-state index contributed by atoms with van der Waals surface area (Å²) < 4.78 is 76.0. The molecule has 1 amide bonds. The zero-order chi connectivity index (χ0) is 21.2. The van der Waals surface area contributed by atoms with Crippen LogP contribution in [0.3, 0.4) is 0 Å². The number of morpholine rings is 1. The number of ether oxygens (including phenoxy) is 2. The van der Waals surface area contributed by atoms with E-state index in [2.05, 4.69) is 0 Å². The third-order valence-electron chi connectivity index (χ3n) is 4.83. The number of alkyl halides is 3. The first kappa shape index (κ1) is 21.8. The van der Waals surface area contributed by atoms with E-state index >= 15 is 0 Å². The maximum atomic E-state index is 13.0. The number of hydrogen-bond donors (Lipinski definition) is 0. The first-order chi connectivity index (χ1) is 13.6. The summed E-state index contributed by atoms with van der Waals surface area (Å²) in [5, 5.41) is 0. The smallest absolute Gasteiger partial charge is 0.406 e. The molecule has 11 heteroatoms. The average molecular weight is 436 g/mol. The summed E-state index contributed by atoms with van der Waals surface area (Å²) >= 11 is 0. The first-order valence-electron chi connectivity index (χ1n) is 9.23. The van der Waals surface area contributed by atoms with E-state index in [9.17, 15) is 26.4 Å². The number of methoxy groups -OCH3 is 1. The van der Waals surface area contributed by atoms with Crippen LogP contribution in [0.25, 0.3) is 0 Å². The number of sulfonamides is 1. The maximum absolute atomic E-state index is 13.0. The minimum atomic E-state index is -4.48. The lowest BCUT2D eigenvalue weighted by molar-refractivity contribution is -0.162. The summed E-state index contributed by atoms with van der Waals surface area (Å²) in [5.74, 6) is -0.563. The topological polar surface area (TPSA) is 76.2 Å². The number of carbonyl (C=O) groups excluding carboxylic acids is 1. The van der Waals surface area contributed by atoms with E-state index in [1.54, 1.807) is 0 Å². The molecule has 1 aliphatic heterocycles. The number of benzene rings is 1. The molecule has 3 rings (SSSR count). The van der Waals surface area contributed by atoms with Crippen LogP contribution in [0.4, 0.5) is 13.2 Å². The van der Waals surface area contributed by atoms with Crippen molar-refractivity contribution in [1.29, 1.82) is 0 Å².